The molecule has 0 radical (unpaired) electrons. The van der Waals surface area contributed by atoms with Gasteiger partial charge in [-0.05, 0) is 44.1 Å². The van der Waals surface area contributed by atoms with Crippen molar-refractivity contribution in [2.75, 3.05) is 25.0 Å². The lowest BCUT2D eigenvalue weighted by atomic mass is 10.1. The molecule has 1 aromatic carbocycles. The highest BCUT2D eigenvalue weighted by Gasteiger charge is 2.31. The second kappa shape index (κ2) is 7.95. The predicted molar refractivity (Wildman–Crippen MR) is 109 cm³/mol. The quantitative estimate of drug-likeness (QED) is 0.571. The number of anilines is 1. The van der Waals surface area contributed by atoms with E-state index < -0.39 is 11.7 Å². The molecule has 0 bridgehead atoms. The molecule has 0 spiro atoms. The van der Waals surface area contributed by atoms with Gasteiger partial charge in [-0.15, -0.1) is 0 Å². The third kappa shape index (κ3) is 3.83. The van der Waals surface area contributed by atoms with Gasteiger partial charge in [0.2, 0.25) is 11.6 Å². The van der Waals surface area contributed by atoms with E-state index >= 15 is 0 Å². The van der Waals surface area contributed by atoms with Crippen molar-refractivity contribution in [1.29, 1.82) is 0 Å². The number of aromatic amines is 1. The second-order valence-corrected chi connectivity index (χ2v) is 7.31. The number of alkyl halides is 3. The SMILES string of the molecule is [C-]#[N+]c1cnc(NCC2CCCN2CC)nc1-c1c[nH]c2ccc(C(F)(F)F)cc12. The standard InChI is InChI=1S/C21H21F3N6/c1-3-30-8-4-5-14(30)10-27-20-28-12-18(25-2)19(29-20)16-11-26-17-7-6-13(9-15(16)17)21(22,23)24/h6-7,9,11-12,14,26H,3-5,8,10H2,1H3,(H,27,28,29). The van der Waals surface area contributed by atoms with E-state index in [1.807, 2.05) is 0 Å². The average Bonchev–Trinajstić information content (AvgIpc) is 3.37. The largest absolute Gasteiger partial charge is 0.416 e. The summed E-state index contributed by atoms with van der Waals surface area (Å²) in [5.74, 6) is 0.363. The smallest absolute Gasteiger partial charge is 0.361 e. The maximum absolute atomic E-state index is 13.2. The Morgan fingerprint density at radius 3 is 2.93 bits per heavy atom. The summed E-state index contributed by atoms with van der Waals surface area (Å²) in [6.45, 7) is 12.3. The number of benzene rings is 1. The number of hydrogen-bond donors (Lipinski definition) is 2. The van der Waals surface area contributed by atoms with Crippen molar-refractivity contribution >= 4 is 22.5 Å². The van der Waals surface area contributed by atoms with Gasteiger partial charge in [0, 0.05) is 41.4 Å². The number of rotatable bonds is 5. The molecule has 2 aromatic heterocycles. The van der Waals surface area contributed by atoms with Gasteiger partial charge in [-0.2, -0.15) is 13.2 Å². The van der Waals surface area contributed by atoms with Crippen molar-refractivity contribution < 1.29 is 13.2 Å². The van der Waals surface area contributed by atoms with Gasteiger partial charge in [0.15, 0.2) is 0 Å². The molecule has 0 aliphatic carbocycles. The molecule has 1 atom stereocenters. The zero-order valence-corrected chi connectivity index (χ0v) is 16.4. The van der Waals surface area contributed by atoms with Crippen molar-refractivity contribution in [2.24, 2.45) is 0 Å². The summed E-state index contributed by atoms with van der Waals surface area (Å²) in [4.78, 5) is 17.5. The van der Waals surface area contributed by atoms with Crippen molar-refractivity contribution in [2.45, 2.75) is 32.0 Å². The van der Waals surface area contributed by atoms with Gasteiger partial charge in [0.05, 0.1) is 17.8 Å². The van der Waals surface area contributed by atoms with Crippen molar-refractivity contribution in [3.63, 3.8) is 0 Å². The Morgan fingerprint density at radius 1 is 1.37 bits per heavy atom. The van der Waals surface area contributed by atoms with Crippen LogP contribution in [0.3, 0.4) is 0 Å². The van der Waals surface area contributed by atoms with Crippen LogP contribution in [0.4, 0.5) is 24.8 Å². The summed E-state index contributed by atoms with van der Waals surface area (Å²) in [6.07, 6.45) is 0.796. The summed E-state index contributed by atoms with van der Waals surface area (Å²) in [7, 11) is 0. The van der Waals surface area contributed by atoms with Crippen LogP contribution in [0.5, 0.6) is 0 Å². The zero-order valence-electron chi connectivity index (χ0n) is 16.4. The first-order valence-corrected chi connectivity index (χ1v) is 9.82. The molecule has 1 fully saturated rings. The molecule has 30 heavy (non-hydrogen) atoms. The van der Waals surface area contributed by atoms with Crippen molar-refractivity contribution in [3.8, 4) is 11.3 Å². The summed E-state index contributed by atoms with van der Waals surface area (Å²) < 4.78 is 39.5. The lowest BCUT2D eigenvalue weighted by Gasteiger charge is -2.22. The average molecular weight is 414 g/mol. The first-order valence-electron chi connectivity index (χ1n) is 9.82. The molecule has 0 amide bonds. The Morgan fingerprint density at radius 2 is 2.20 bits per heavy atom. The van der Waals surface area contributed by atoms with E-state index in [1.54, 1.807) is 6.20 Å². The van der Waals surface area contributed by atoms with E-state index in [9.17, 15) is 13.2 Å². The van der Waals surface area contributed by atoms with Gasteiger partial charge in [-0.3, -0.25) is 4.90 Å². The summed E-state index contributed by atoms with van der Waals surface area (Å²) in [5, 5.41) is 3.60. The molecule has 3 heterocycles. The zero-order chi connectivity index (χ0) is 21.3. The lowest BCUT2D eigenvalue weighted by Crippen LogP contribution is -2.34. The molecule has 1 aliphatic rings. The van der Waals surface area contributed by atoms with Crippen LogP contribution in [0.25, 0.3) is 27.0 Å². The fourth-order valence-electron chi connectivity index (χ4n) is 3.99. The molecule has 9 heteroatoms. The van der Waals surface area contributed by atoms with Crippen LogP contribution in [-0.2, 0) is 6.18 Å². The van der Waals surface area contributed by atoms with Gasteiger partial charge < -0.3 is 10.3 Å². The van der Waals surface area contributed by atoms with Crippen LogP contribution in [0.1, 0.15) is 25.3 Å². The van der Waals surface area contributed by atoms with E-state index in [4.69, 9.17) is 6.57 Å². The molecule has 6 nitrogen and oxygen atoms in total. The molecule has 1 saturated heterocycles. The minimum atomic E-state index is -4.45. The Kier molecular flexibility index (Phi) is 5.35. The summed E-state index contributed by atoms with van der Waals surface area (Å²) in [6, 6.07) is 3.90. The van der Waals surface area contributed by atoms with E-state index in [-0.39, 0.29) is 5.69 Å². The molecule has 1 unspecified atom stereocenters. The third-order valence-electron chi connectivity index (χ3n) is 5.56. The molecule has 3 aromatic rings. The number of nitrogens with one attached hydrogen (secondary N) is 2. The monoisotopic (exact) mass is 414 g/mol. The Balaban J connectivity index is 1.68. The lowest BCUT2D eigenvalue weighted by molar-refractivity contribution is -0.137. The van der Waals surface area contributed by atoms with Crippen molar-refractivity contribution in [1.82, 2.24) is 19.9 Å². The fraction of sp³-hybridized carbons (Fsp3) is 0.381. The number of likely N-dealkylation sites (tertiary alicyclic amines) is 1. The maximum Gasteiger partial charge on any atom is 0.416 e. The topological polar surface area (TPSA) is 61.2 Å². The molecular formula is C21H21F3N6. The highest BCUT2D eigenvalue weighted by atomic mass is 19.4. The number of fused-ring (bicyclic) bond motifs is 1. The molecule has 1 aliphatic heterocycles. The maximum atomic E-state index is 13.2. The molecule has 4 rings (SSSR count). The Bertz CT molecular complexity index is 1100. The minimum Gasteiger partial charge on any atom is -0.361 e. The normalized spacial score (nSPS) is 17.4. The minimum absolute atomic E-state index is 0.190. The molecule has 156 valence electrons. The van der Waals surface area contributed by atoms with E-state index in [0.29, 0.717) is 40.7 Å². The van der Waals surface area contributed by atoms with Crippen LogP contribution in [-0.4, -0.2) is 45.5 Å². The highest BCUT2D eigenvalue weighted by Crippen LogP contribution is 2.37. The van der Waals surface area contributed by atoms with Crippen LogP contribution in [0, 0.1) is 6.57 Å². The van der Waals surface area contributed by atoms with Crippen LogP contribution >= 0.6 is 0 Å². The first kappa shape index (κ1) is 20.2. The summed E-state index contributed by atoms with van der Waals surface area (Å²) >= 11 is 0. The number of hydrogen-bond acceptors (Lipinski definition) is 4. The molecule has 2 N–H and O–H groups in total. The van der Waals surface area contributed by atoms with Gasteiger partial charge in [0.1, 0.15) is 0 Å². The fourth-order valence-corrected chi connectivity index (χ4v) is 3.99. The first-order chi connectivity index (χ1) is 14.4. The van der Waals surface area contributed by atoms with Crippen LogP contribution in [0.15, 0.2) is 30.6 Å². The Hall–Kier alpha value is -3.12. The number of H-pyrrole nitrogens is 1. The third-order valence-corrected chi connectivity index (χ3v) is 5.56. The Labute approximate surface area is 172 Å². The number of aromatic nitrogens is 3. The van der Waals surface area contributed by atoms with Gasteiger partial charge in [-0.25, -0.2) is 14.8 Å². The van der Waals surface area contributed by atoms with Crippen molar-refractivity contribution in [3.05, 3.63) is 47.6 Å². The number of likely N-dealkylation sites (N-methyl/N-ethyl adjacent to an activating group) is 1. The second-order valence-electron chi connectivity index (χ2n) is 7.31. The number of nitrogens with zero attached hydrogens (tertiary/aromatic N) is 4. The van der Waals surface area contributed by atoms with E-state index in [1.165, 1.54) is 12.3 Å². The number of halogens is 3. The highest BCUT2D eigenvalue weighted by molar-refractivity contribution is 5.98. The molecule has 0 saturated carbocycles. The van der Waals surface area contributed by atoms with Gasteiger partial charge >= 0.3 is 6.18 Å². The van der Waals surface area contributed by atoms with E-state index in [0.717, 1.165) is 38.1 Å². The van der Waals surface area contributed by atoms with Crippen LogP contribution in [0.2, 0.25) is 0 Å². The van der Waals surface area contributed by atoms with Crippen LogP contribution < -0.4 is 5.32 Å². The summed E-state index contributed by atoms with van der Waals surface area (Å²) in [5.41, 5.74) is 0.755. The predicted octanol–water partition coefficient (Wildman–Crippen LogP) is 5.09. The van der Waals surface area contributed by atoms with E-state index in [2.05, 4.69) is 36.9 Å². The molecular weight excluding hydrogens is 393 g/mol. The van der Waals surface area contributed by atoms with Gasteiger partial charge in [0.25, 0.3) is 0 Å². The van der Waals surface area contributed by atoms with Gasteiger partial charge in [-0.1, -0.05) is 6.92 Å².